The van der Waals surface area contributed by atoms with Gasteiger partial charge in [0.1, 0.15) is 0 Å². The van der Waals surface area contributed by atoms with Crippen LogP contribution in [0.2, 0.25) is 0 Å². The molecule has 1 amide bonds. The number of carbonyl (C=O) groups excluding carboxylic acids is 1. The summed E-state index contributed by atoms with van der Waals surface area (Å²) in [6, 6.07) is 5.90. The van der Waals surface area contributed by atoms with E-state index in [4.69, 9.17) is 0 Å². The van der Waals surface area contributed by atoms with Crippen LogP contribution in [-0.4, -0.2) is 15.5 Å². The molecule has 4 nitrogen and oxygen atoms in total. The van der Waals surface area contributed by atoms with Gasteiger partial charge in [-0.15, -0.1) is 0 Å². The summed E-state index contributed by atoms with van der Waals surface area (Å²) >= 11 is 3.44. The highest BCUT2D eigenvalue weighted by Gasteiger charge is 2.06. The molecular formula is C14H16BrN3O. The maximum Gasteiger partial charge on any atom is 0.226 e. The van der Waals surface area contributed by atoms with E-state index in [2.05, 4.69) is 33.2 Å². The van der Waals surface area contributed by atoms with Gasteiger partial charge in [-0.2, -0.15) is 0 Å². The van der Waals surface area contributed by atoms with Gasteiger partial charge in [0.15, 0.2) is 0 Å². The van der Waals surface area contributed by atoms with E-state index in [-0.39, 0.29) is 5.91 Å². The van der Waals surface area contributed by atoms with Gasteiger partial charge in [0.05, 0.1) is 6.33 Å². The number of aryl methyl sites for hydroxylation is 2. The predicted octanol–water partition coefficient (Wildman–Crippen LogP) is 3.24. The second-order valence-corrected chi connectivity index (χ2v) is 5.17. The van der Waals surface area contributed by atoms with Gasteiger partial charge in [-0.3, -0.25) is 4.79 Å². The van der Waals surface area contributed by atoms with Crippen LogP contribution in [0.3, 0.4) is 0 Å². The summed E-state index contributed by atoms with van der Waals surface area (Å²) in [5.41, 5.74) is 2.02. The van der Waals surface area contributed by atoms with Crippen molar-refractivity contribution in [2.24, 2.45) is 0 Å². The van der Waals surface area contributed by atoms with Gasteiger partial charge in [0, 0.05) is 35.5 Å². The fourth-order valence-corrected chi connectivity index (χ4v) is 2.25. The smallest absolute Gasteiger partial charge is 0.226 e. The Morgan fingerprint density at radius 3 is 3.00 bits per heavy atom. The largest absolute Gasteiger partial charge is 0.337 e. The molecule has 100 valence electrons. The molecule has 0 aliphatic heterocycles. The Labute approximate surface area is 121 Å². The number of rotatable bonds is 5. The lowest BCUT2D eigenvalue weighted by molar-refractivity contribution is -0.116. The molecule has 1 aromatic carbocycles. The Balaban J connectivity index is 1.95. The lowest BCUT2D eigenvalue weighted by atomic mass is 10.1. The zero-order valence-corrected chi connectivity index (χ0v) is 12.4. The summed E-state index contributed by atoms with van der Waals surface area (Å²) < 4.78 is 2.92. The molecule has 5 heteroatoms. The van der Waals surface area contributed by atoms with Crippen LogP contribution in [0.1, 0.15) is 18.9 Å². The highest BCUT2D eigenvalue weighted by atomic mass is 79.9. The number of imidazole rings is 1. The molecule has 0 unspecified atom stereocenters. The van der Waals surface area contributed by atoms with Crippen molar-refractivity contribution in [2.45, 2.75) is 26.3 Å². The van der Waals surface area contributed by atoms with Gasteiger partial charge in [-0.25, -0.2) is 4.98 Å². The van der Waals surface area contributed by atoms with Crippen molar-refractivity contribution in [1.82, 2.24) is 9.55 Å². The van der Waals surface area contributed by atoms with Crippen molar-refractivity contribution in [1.29, 1.82) is 0 Å². The minimum Gasteiger partial charge on any atom is -0.337 e. The molecule has 0 aliphatic carbocycles. The molecule has 0 saturated carbocycles. The molecule has 0 atom stereocenters. The van der Waals surface area contributed by atoms with Crippen LogP contribution < -0.4 is 5.32 Å². The molecule has 1 heterocycles. The Morgan fingerprint density at radius 1 is 1.47 bits per heavy atom. The minimum atomic E-state index is 0.0192. The Kier molecular flexibility index (Phi) is 4.74. The second kappa shape index (κ2) is 6.52. The number of nitrogens with zero attached hydrogens (tertiary/aromatic N) is 2. The average Bonchev–Trinajstić information content (AvgIpc) is 2.91. The Bertz CT molecular complexity index is 552. The number of carbonyl (C=O) groups is 1. The van der Waals surface area contributed by atoms with Crippen LogP contribution in [0.5, 0.6) is 0 Å². The van der Waals surface area contributed by atoms with Gasteiger partial charge < -0.3 is 9.88 Å². The van der Waals surface area contributed by atoms with Crippen molar-refractivity contribution >= 4 is 27.5 Å². The molecule has 2 rings (SSSR count). The highest BCUT2D eigenvalue weighted by Crippen LogP contribution is 2.21. The maximum absolute atomic E-state index is 11.9. The van der Waals surface area contributed by atoms with Crippen LogP contribution in [0.25, 0.3) is 0 Å². The van der Waals surface area contributed by atoms with Gasteiger partial charge in [0.25, 0.3) is 0 Å². The van der Waals surface area contributed by atoms with E-state index in [1.54, 1.807) is 12.5 Å². The molecule has 1 aromatic heterocycles. The normalized spacial score (nSPS) is 10.4. The van der Waals surface area contributed by atoms with Crippen molar-refractivity contribution < 1.29 is 4.79 Å². The molecule has 1 N–H and O–H groups in total. The molecule has 19 heavy (non-hydrogen) atoms. The first-order valence-electron chi connectivity index (χ1n) is 6.23. The van der Waals surface area contributed by atoms with Gasteiger partial charge in [-0.05, 0) is 30.2 Å². The molecule has 0 spiro atoms. The van der Waals surface area contributed by atoms with Gasteiger partial charge in [-0.1, -0.05) is 22.9 Å². The van der Waals surface area contributed by atoms with E-state index in [1.807, 2.05) is 29.0 Å². The molecule has 0 saturated heterocycles. The number of aromatic nitrogens is 2. The summed E-state index contributed by atoms with van der Waals surface area (Å²) in [6.45, 7) is 2.72. The van der Waals surface area contributed by atoms with Crippen molar-refractivity contribution in [3.8, 4) is 0 Å². The highest BCUT2D eigenvalue weighted by molar-refractivity contribution is 9.10. The maximum atomic E-state index is 11.9. The third-order valence-corrected chi connectivity index (χ3v) is 3.37. The van der Waals surface area contributed by atoms with Crippen molar-refractivity contribution in [3.63, 3.8) is 0 Å². The Morgan fingerprint density at radius 2 is 2.32 bits per heavy atom. The first-order chi connectivity index (χ1) is 9.19. The predicted molar refractivity (Wildman–Crippen MR) is 79.0 cm³/mol. The summed E-state index contributed by atoms with van der Waals surface area (Å²) in [5.74, 6) is 0.0192. The third-order valence-electron chi connectivity index (χ3n) is 2.88. The fraction of sp³-hybridized carbons (Fsp3) is 0.286. The van der Waals surface area contributed by atoms with Gasteiger partial charge >= 0.3 is 0 Å². The number of hydrogen-bond donors (Lipinski definition) is 1. The monoisotopic (exact) mass is 321 g/mol. The quantitative estimate of drug-likeness (QED) is 0.919. The topological polar surface area (TPSA) is 46.9 Å². The molecule has 0 aliphatic rings. The van der Waals surface area contributed by atoms with Crippen LogP contribution in [0.4, 0.5) is 5.69 Å². The number of anilines is 1. The van der Waals surface area contributed by atoms with E-state index in [0.29, 0.717) is 13.0 Å². The summed E-state index contributed by atoms with van der Waals surface area (Å²) in [4.78, 5) is 15.9. The van der Waals surface area contributed by atoms with Crippen molar-refractivity contribution in [2.75, 3.05) is 5.32 Å². The molecule has 2 aromatic rings. The number of halogens is 1. The van der Waals surface area contributed by atoms with E-state index < -0.39 is 0 Å². The zero-order chi connectivity index (χ0) is 13.7. The summed E-state index contributed by atoms with van der Waals surface area (Å²) in [6.07, 6.45) is 6.60. The van der Waals surface area contributed by atoms with E-state index in [1.165, 1.54) is 0 Å². The van der Waals surface area contributed by atoms with E-state index >= 15 is 0 Å². The van der Waals surface area contributed by atoms with Crippen molar-refractivity contribution in [3.05, 3.63) is 47.0 Å². The second-order valence-electron chi connectivity index (χ2n) is 4.25. The Hall–Kier alpha value is -1.62. The molecule has 0 bridgehead atoms. The molecule has 0 fully saturated rings. The van der Waals surface area contributed by atoms with Crippen LogP contribution in [-0.2, 0) is 17.8 Å². The van der Waals surface area contributed by atoms with E-state index in [9.17, 15) is 4.79 Å². The lowest BCUT2D eigenvalue weighted by Gasteiger charge is -2.10. The standard InChI is InChI=1S/C14H16BrN3O/c1-2-11-9-12(15)3-4-13(11)17-14(19)5-7-18-8-6-16-10-18/h3-4,6,8-10H,2,5,7H2,1H3,(H,17,19). The summed E-state index contributed by atoms with van der Waals surface area (Å²) in [5, 5.41) is 2.96. The number of benzene rings is 1. The summed E-state index contributed by atoms with van der Waals surface area (Å²) in [7, 11) is 0. The zero-order valence-electron chi connectivity index (χ0n) is 10.8. The fourth-order valence-electron chi connectivity index (χ4n) is 1.84. The van der Waals surface area contributed by atoms with Gasteiger partial charge in [0.2, 0.25) is 5.91 Å². The van der Waals surface area contributed by atoms with E-state index in [0.717, 1.165) is 22.1 Å². The number of nitrogens with one attached hydrogen (secondary N) is 1. The SMILES string of the molecule is CCc1cc(Br)ccc1NC(=O)CCn1ccnc1. The average molecular weight is 322 g/mol. The minimum absolute atomic E-state index is 0.0192. The third kappa shape index (κ3) is 3.92. The van der Waals surface area contributed by atoms with Crippen LogP contribution in [0, 0.1) is 0 Å². The number of hydrogen-bond acceptors (Lipinski definition) is 2. The number of amides is 1. The lowest BCUT2D eigenvalue weighted by Crippen LogP contribution is -2.15. The van der Waals surface area contributed by atoms with Crippen LogP contribution in [0.15, 0.2) is 41.4 Å². The molecular weight excluding hydrogens is 306 g/mol. The molecule has 0 radical (unpaired) electrons. The first-order valence-corrected chi connectivity index (χ1v) is 7.02. The first kappa shape index (κ1) is 13.8. The van der Waals surface area contributed by atoms with Crippen LogP contribution >= 0.6 is 15.9 Å².